The predicted molar refractivity (Wildman–Crippen MR) is 71.8 cm³/mol. The molecular weight excluding hydrogens is 285 g/mol. The highest BCUT2D eigenvalue weighted by Gasteiger charge is 2.12. The number of amides is 1. The van der Waals surface area contributed by atoms with E-state index in [9.17, 15) is 18.0 Å². The molecular formula is C14H11F3N2O2. The van der Waals surface area contributed by atoms with Crippen LogP contribution in [0.5, 0.6) is 5.75 Å². The molecule has 0 bridgehead atoms. The third kappa shape index (κ3) is 3.88. The summed E-state index contributed by atoms with van der Waals surface area (Å²) in [6.07, 6.45) is 0. The normalized spacial score (nSPS) is 10.5. The van der Waals surface area contributed by atoms with Crippen molar-refractivity contribution in [2.24, 2.45) is 0 Å². The predicted octanol–water partition coefficient (Wildman–Crippen LogP) is 3.26. The van der Waals surface area contributed by atoms with E-state index in [1.54, 1.807) is 12.1 Å². The average molecular weight is 296 g/mol. The van der Waals surface area contributed by atoms with Crippen LogP contribution < -0.4 is 15.8 Å². The van der Waals surface area contributed by atoms with E-state index < -0.39 is 24.1 Å². The second kappa shape index (κ2) is 6.17. The standard InChI is InChI=1S/C14H11F3N2O2/c15-11-7-10(4-5-12(11)21-14(16)17)19-13(20)8-2-1-3-9(18)6-8/h1-7,14H,18H2,(H,19,20). The van der Waals surface area contributed by atoms with E-state index in [2.05, 4.69) is 10.1 Å². The number of alkyl halides is 2. The number of nitrogen functional groups attached to an aromatic ring is 1. The van der Waals surface area contributed by atoms with Gasteiger partial charge in [0.15, 0.2) is 11.6 Å². The number of anilines is 2. The highest BCUT2D eigenvalue weighted by atomic mass is 19.3. The minimum atomic E-state index is -3.12. The summed E-state index contributed by atoms with van der Waals surface area (Å²) in [6.45, 7) is -3.12. The molecule has 0 aromatic heterocycles. The number of hydrogen-bond acceptors (Lipinski definition) is 3. The Hall–Kier alpha value is -2.70. The maximum Gasteiger partial charge on any atom is 0.387 e. The van der Waals surface area contributed by atoms with Crippen LogP contribution >= 0.6 is 0 Å². The average Bonchev–Trinajstić information content (AvgIpc) is 2.41. The molecule has 0 fully saturated rings. The van der Waals surface area contributed by atoms with Crippen molar-refractivity contribution in [1.29, 1.82) is 0 Å². The molecule has 0 aliphatic carbocycles. The van der Waals surface area contributed by atoms with Crippen molar-refractivity contribution in [3.05, 3.63) is 53.8 Å². The topological polar surface area (TPSA) is 64.4 Å². The van der Waals surface area contributed by atoms with E-state index in [4.69, 9.17) is 5.73 Å². The van der Waals surface area contributed by atoms with Crippen LogP contribution in [0.4, 0.5) is 24.5 Å². The molecule has 7 heteroatoms. The van der Waals surface area contributed by atoms with Crippen LogP contribution in [0, 0.1) is 5.82 Å². The summed E-state index contributed by atoms with van der Waals surface area (Å²) < 4.78 is 41.5. The van der Waals surface area contributed by atoms with E-state index in [0.29, 0.717) is 11.3 Å². The summed E-state index contributed by atoms with van der Waals surface area (Å²) in [7, 11) is 0. The summed E-state index contributed by atoms with van der Waals surface area (Å²) >= 11 is 0. The Morgan fingerprint density at radius 3 is 2.57 bits per heavy atom. The highest BCUT2D eigenvalue weighted by molar-refractivity contribution is 6.04. The van der Waals surface area contributed by atoms with Crippen LogP contribution in [-0.2, 0) is 0 Å². The fourth-order valence-corrected chi connectivity index (χ4v) is 1.65. The van der Waals surface area contributed by atoms with E-state index in [1.165, 1.54) is 18.2 Å². The molecule has 0 radical (unpaired) electrons. The first-order chi connectivity index (χ1) is 9.95. The lowest BCUT2D eigenvalue weighted by Crippen LogP contribution is -2.12. The second-order valence-electron chi connectivity index (χ2n) is 4.10. The minimum Gasteiger partial charge on any atom is -0.432 e. The van der Waals surface area contributed by atoms with Gasteiger partial charge in [-0.25, -0.2) is 4.39 Å². The molecule has 0 aliphatic heterocycles. The molecule has 2 aromatic carbocycles. The maximum absolute atomic E-state index is 13.5. The maximum atomic E-state index is 13.5. The van der Waals surface area contributed by atoms with Crippen molar-refractivity contribution in [2.75, 3.05) is 11.1 Å². The van der Waals surface area contributed by atoms with Gasteiger partial charge in [0.05, 0.1) is 0 Å². The lowest BCUT2D eigenvalue weighted by molar-refractivity contribution is -0.0521. The van der Waals surface area contributed by atoms with Gasteiger partial charge in [0, 0.05) is 23.0 Å². The third-order valence-corrected chi connectivity index (χ3v) is 2.55. The lowest BCUT2D eigenvalue weighted by Gasteiger charge is -2.09. The lowest BCUT2D eigenvalue weighted by atomic mass is 10.2. The van der Waals surface area contributed by atoms with Crippen molar-refractivity contribution >= 4 is 17.3 Å². The summed E-state index contributed by atoms with van der Waals surface area (Å²) in [5, 5.41) is 2.43. The molecule has 2 aromatic rings. The van der Waals surface area contributed by atoms with Crippen molar-refractivity contribution < 1.29 is 22.7 Å². The van der Waals surface area contributed by atoms with Crippen LogP contribution in [0.25, 0.3) is 0 Å². The van der Waals surface area contributed by atoms with Crippen LogP contribution in [0.15, 0.2) is 42.5 Å². The number of carbonyl (C=O) groups excluding carboxylic acids is 1. The molecule has 0 aliphatic rings. The third-order valence-electron chi connectivity index (χ3n) is 2.55. The zero-order valence-corrected chi connectivity index (χ0v) is 10.6. The molecule has 4 nitrogen and oxygen atoms in total. The molecule has 3 N–H and O–H groups in total. The van der Waals surface area contributed by atoms with Gasteiger partial charge in [-0.2, -0.15) is 8.78 Å². The van der Waals surface area contributed by atoms with E-state index in [0.717, 1.165) is 12.1 Å². The molecule has 21 heavy (non-hydrogen) atoms. The molecule has 110 valence electrons. The largest absolute Gasteiger partial charge is 0.432 e. The van der Waals surface area contributed by atoms with Crippen LogP contribution in [0.1, 0.15) is 10.4 Å². The molecule has 0 atom stereocenters. The van der Waals surface area contributed by atoms with Crippen LogP contribution in [-0.4, -0.2) is 12.5 Å². The van der Waals surface area contributed by atoms with Crippen molar-refractivity contribution in [2.45, 2.75) is 6.61 Å². The minimum absolute atomic E-state index is 0.113. The number of nitrogens with two attached hydrogens (primary N) is 1. The second-order valence-corrected chi connectivity index (χ2v) is 4.10. The number of benzene rings is 2. The first kappa shape index (κ1) is 14.7. The zero-order valence-electron chi connectivity index (χ0n) is 10.6. The van der Waals surface area contributed by atoms with Gasteiger partial charge in [-0.3, -0.25) is 4.79 Å². The van der Waals surface area contributed by atoms with Gasteiger partial charge in [0.2, 0.25) is 0 Å². The van der Waals surface area contributed by atoms with Crippen molar-refractivity contribution in [3.8, 4) is 5.75 Å². The van der Waals surface area contributed by atoms with E-state index in [1.807, 2.05) is 0 Å². The Labute approximate surface area is 118 Å². The number of carbonyl (C=O) groups is 1. The number of ether oxygens (including phenoxy) is 1. The smallest absolute Gasteiger partial charge is 0.387 e. The molecule has 0 heterocycles. The van der Waals surface area contributed by atoms with Gasteiger partial charge in [-0.05, 0) is 30.3 Å². The fraction of sp³-hybridized carbons (Fsp3) is 0.0714. The summed E-state index contributed by atoms with van der Waals surface area (Å²) in [6, 6.07) is 9.37. The van der Waals surface area contributed by atoms with Gasteiger partial charge < -0.3 is 15.8 Å². The Balaban J connectivity index is 2.13. The van der Waals surface area contributed by atoms with Gasteiger partial charge in [0.25, 0.3) is 5.91 Å². The molecule has 1 amide bonds. The number of hydrogen-bond donors (Lipinski definition) is 2. The molecule has 0 unspecified atom stereocenters. The Kier molecular flexibility index (Phi) is 4.32. The first-order valence-corrected chi connectivity index (χ1v) is 5.87. The molecule has 2 rings (SSSR count). The molecule has 0 spiro atoms. The van der Waals surface area contributed by atoms with E-state index in [-0.39, 0.29) is 5.69 Å². The first-order valence-electron chi connectivity index (χ1n) is 5.87. The highest BCUT2D eigenvalue weighted by Crippen LogP contribution is 2.23. The van der Waals surface area contributed by atoms with Crippen LogP contribution in [0.2, 0.25) is 0 Å². The van der Waals surface area contributed by atoms with Gasteiger partial charge in [-0.15, -0.1) is 0 Å². The van der Waals surface area contributed by atoms with Gasteiger partial charge >= 0.3 is 6.61 Å². The SMILES string of the molecule is Nc1cccc(C(=O)Nc2ccc(OC(F)F)c(F)c2)c1. The monoisotopic (exact) mass is 296 g/mol. The Morgan fingerprint density at radius 2 is 1.95 bits per heavy atom. The van der Waals surface area contributed by atoms with Gasteiger partial charge in [-0.1, -0.05) is 6.07 Å². The summed E-state index contributed by atoms with van der Waals surface area (Å²) in [4.78, 5) is 11.9. The number of rotatable bonds is 4. The quantitative estimate of drug-likeness (QED) is 0.851. The number of halogens is 3. The van der Waals surface area contributed by atoms with Gasteiger partial charge in [0.1, 0.15) is 0 Å². The van der Waals surface area contributed by atoms with Crippen LogP contribution in [0.3, 0.4) is 0 Å². The summed E-state index contributed by atoms with van der Waals surface area (Å²) in [5.41, 5.74) is 6.37. The Bertz CT molecular complexity index is 662. The zero-order chi connectivity index (χ0) is 15.4. The fourth-order valence-electron chi connectivity index (χ4n) is 1.65. The van der Waals surface area contributed by atoms with Crippen molar-refractivity contribution in [3.63, 3.8) is 0 Å². The summed E-state index contributed by atoms with van der Waals surface area (Å²) in [5.74, 6) is -2.09. The van der Waals surface area contributed by atoms with Crippen molar-refractivity contribution in [1.82, 2.24) is 0 Å². The molecule has 0 saturated carbocycles. The van der Waals surface area contributed by atoms with E-state index >= 15 is 0 Å². The molecule has 0 saturated heterocycles. The number of nitrogens with one attached hydrogen (secondary N) is 1. The Morgan fingerprint density at radius 1 is 1.19 bits per heavy atom.